The first-order valence-corrected chi connectivity index (χ1v) is 6.30. The molecule has 0 radical (unpaired) electrons. The van der Waals surface area contributed by atoms with Crippen LogP contribution in [0.25, 0.3) is 0 Å². The van der Waals surface area contributed by atoms with Gasteiger partial charge in [-0.25, -0.2) is 0 Å². The van der Waals surface area contributed by atoms with E-state index >= 15 is 0 Å². The molecule has 1 rings (SSSR count). The fourth-order valence-electron chi connectivity index (χ4n) is 1.88. The van der Waals surface area contributed by atoms with Crippen LogP contribution in [-0.2, 0) is 0 Å². The summed E-state index contributed by atoms with van der Waals surface area (Å²) in [4.78, 5) is 0. The largest absolute Gasteiger partial charge is 0.314 e. The molecule has 0 aromatic heterocycles. The van der Waals surface area contributed by atoms with Crippen molar-refractivity contribution in [1.82, 2.24) is 5.32 Å². The molecule has 0 fully saturated rings. The summed E-state index contributed by atoms with van der Waals surface area (Å²) in [7, 11) is 0. The van der Waals surface area contributed by atoms with E-state index in [2.05, 4.69) is 64.2 Å². The third-order valence-electron chi connectivity index (χ3n) is 3.27. The maximum absolute atomic E-state index is 3.51. The van der Waals surface area contributed by atoms with Crippen LogP contribution in [0.15, 0.2) is 24.3 Å². The van der Waals surface area contributed by atoms with Gasteiger partial charge in [0.05, 0.1) is 0 Å². The molecule has 1 heteroatoms. The van der Waals surface area contributed by atoms with Crippen LogP contribution in [0.3, 0.4) is 0 Å². The van der Waals surface area contributed by atoms with Gasteiger partial charge in [-0.05, 0) is 30.9 Å². The second kappa shape index (κ2) is 6.05. The Bertz CT molecular complexity index is 317. The Labute approximate surface area is 100 Å². The molecule has 0 bridgehead atoms. The van der Waals surface area contributed by atoms with Crippen molar-refractivity contribution < 1.29 is 0 Å². The normalized spacial score (nSPS) is 15.1. The summed E-state index contributed by atoms with van der Waals surface area (Å²) in [5.74, 6) is 1.29. The van der Waals surface area contributed by atoms with Crippen molar-refractivity contribution in [1.29, 1.82) is 0 Å². The van der Waals surface area contributed by atoms with Gasteiger partial charge in [0.15, 0.2) is 0 Å². The molecule has 2 unspecified atom stereocenters. The van der Waals surface area contributed by atoms with Crippen LogP contribution in [0.5, 0.6) is 0 Å². The van der Waals surface area contributed by atoms with Crippen LogP contribution in [0.2, 0.25) is 0 Å². The van der Waals surface area contributed by atoms with E-state index in [-0.39, 0.29) is 0 Å². The zero-order valence-electron chi connectivity index (χ0n) is 11.2. The first-order chi connectivity index (χ1) is 7.50. The lowest BCUT2D eigenvalue weighted by Gasteiger charge is -2.22. The second-order valence-electron chi connectivity index (χ2n) is 5.24. The lowest BCUT2D eigenvalue weighted by atomic mass is 9.88. The molecule has 16 heavy (non-hydrogen) atoms. The first kappa shape index (κ1) is 13.2. The van der Waals surface area contributed by atoms with Crippen LogP contribution in [0.1, 0.15) is 44.7 Å². The number of rotatable bonds is 5. The monoisotopic (exact) mass is 219 g/mol. The van der Waals surface area contributed by atoms with Gasteiger partial charge in [-0.2, -0.15) is 0 Å². The highest BCUT2D eigenvalue weighted by molar-refractivity contribution is 5.25. The van der Waals surface area contributed by atoms with Crippen molar-refractivity contribution in [2.24, 2.45) is 5.92 Å². The van der Waals surface area contributed by atoms with E-state index in [1.54, 1.807) is 0 Å². The topological polar surface area (TPSA) is 12.0 Å². The van der Waals surface area contributed by atoms with E-state index in [0.29, 0.717) is 17.9 Å². The maximum Gasteiger partial charge on any atom is 0.00104 e. The van der Waals surface area contributed by atoms with Gasteiger partial charge in [-0.15, -0.1) is 0 Å². The maximum atomic E-state index is 3.51. The highest BCUT2D eigenvalue weighted by Crippen LogP contribution is 2.24. The Morgan fingerprint density at radius 3 is 2.38 bits per heavy atom. The Balaban J connectivity index is 2.59. The molecule has 0 heterocycles. The molecule has 0 spiro atoms. The lowest BCUT2D eigenvalue weighted by Crippen LogP contribution is -2.29. The van der Waals surface area contributed by atoms with E-state index < -0.39 is 0 Å². The highest BCUT2D eigenvalue weighted by Gasteiger charge is 2.14. The van der Waals surface area contributed by atoms with E-state index in [1.807, 2.05) is 0 Å². The minimum absolute atomic E-state index is 0.576. The SMILES string of the molecule is Cc1cccc(C(C)C(C)CNC(C)C)c1. The van der Waals surface area contributed by atoms with Gasteiger partial charge in [0.25, 0.3) is 0 Å². The standard InChI is InChI=1S/C15H25N/c1-11(2)16-10-13(4)14(5)15-8-6-7-12(3)9-15/h6-9,11,13-14,16H,10H2,1-5H3. The van der Waals surface area contributed by atoms with Crippen molar-refractivity contribution in [2.75, 3.05) is 6.54 Å². The molecule has 0 aliphatic heterocycles. The highest BCUT2D eigenvalue weighted by atomic mass is 14.9. The smallest absolute Gasteiger partial charge is 0.00104 e. The molecule has 2 atom stereocenters. The van der Waals surface area contributed by atoms with Crippen LogP contribution < -0.4 is 5.32 Å². The summed E-state index contributed by atoms with van der Waals surface area (Å²) >= 11 is 0. The van der Waals surface area contributed by atoms with E-state index in [9.17, 15) is 0 Å². The predicted molar refractivity (Wildman–Crippen MR) is 71.9 cm³/mol. The first-order valence-electron chi connectivity index (χ1n) is 6.30. The van der Waals surface area contributed by atoms with Crippen LogP contribution in [0, 0.1) is 12.8 Å². The summed E-state index contributed by atoms with van der Waals surface area (Å²) < 4.78 is 0. The van der Waals surface area contributed by atoms with Crippen molar-refractivity contribution in [3.05, 3.63) is 35.4 Å². The Morgan fingerprint density at radius 1 is 1.12 bits per heavy atom. The van der Waals surface area contributed by atoms with Crippen LogP contribution in [0.4, 0.5) is 0 Å². The number of hydrogen-bond acceptors (Lipinski definition) is 1. The van der Waals surface area contributed by atoms with Gasteiger partial charge >= 0.3 is 0 Å². The molecule has 0 aliphatic carbocycles. The number of nitrogens with one attached hydrogen (secondary N) is 1. The Hall–Kier alpha value is -0.820. The molecule has 1 aromatic carbocycles. The van der Waals surface area contributed by atoms with E-state index in [0.717, 1.165) is 6.54 Å². The molecule has 0 aliphatic rings. The summed E-state index contributed by atoms with van der Waals surface area (Å²) in [6.45, 7) is 12.3. The molecule has 90 valence electrons. The van der Waals surface area contributed by atoms with Crippen LogP contribution >= 0.6 is 0 Å². The summed E-state index contributed by atoms with van der Waals surface area (Å²) in [6, 6.07) is 9.43. The Morgan fingerprint density at radius 2 is 1.81 bits per heavy atom. The third kappa shape index (κ3) is 3.97. The molecule has 0 amide bonds. The fourth-order valence-corrected chi connectivity index (χ4v) is 1.88. The van der Waals surface area contributed by atoms with E-state index in [4.69, 9.17) is 0 Å². The zero-order valence-corrected chi connectivity index (χ0v) is 11.2. The average molecular weight is 219 g/mol. The number of aryl methyl sites for hydroxylation is 1. The van der Waals surface area contributed by atoms with Gasteiger partial charge < -0.3 is 5.32 Å². The minimum atomic E-state index is 0.576. The van der Waals surface area contributed by atoms with E-state index in [1.165, 1.54) is 11.1 Å². The second-order valence-corrected chi connectivity index (χ2v) is 5.24. The van der Waals surface area contributed by atoms with Crippen molar-refractivity contribution in [2.45, 2.75) is 46.6 Å². The summed E-state index contributed by atoms with van der Waals surface area (Å²) in [5.41, 5.74) is 2.81. The molecule has 1 aromatic rings. The molecule has 0 saturated heterocycles. The van der Waals surface area contributed by atoms with Crippen molar-refractivity contribution in [3.63, 3.8) is 0 Å². The fraction of sp³-hybridized carbons (Fsp3) is 0.600. The summed E-state index contributed by atoms with van der Waals surface area (Å²) in [5, 5.41) is 3.51. The molecular weight excluding hydrogens is 194 g/mol. The van der Waals surface area contributed by atoms with Crippen LogP contribution in [-0.4, -0.2) is 12.6 Å². The van der Waals surface area contributed by atoms with Gasteiger partial charge in [0.2, 0.25) is 0 Å². The molecular formula is C15H25N. The van der Waals surface area contributed by atoms with Gasteiger partial charge in [-0.1, -0.05) is 57.5 Å². The molecule has 1 N–H and O–H groups in total. The van der Waals surface area contributed by atoms with Gasteiger partial charge in [0, 0.05) is 6.04 Å². The predicted octanol–water partition coefficient (Wildman–Crippen LogP) is 3.73. The number of benzene rings is 1. The molecule has 1 nitrogen and oxygen atoms in total. The molecule has 0 saturated carbocycles. The third-order valence-corrected chi connectivity index (χ3v) is 3.27. The zero-order chi connectivity index (χ0) is 12.1. The Kier molecular flexibility index (Phi) is 5.01. The quantitative estimate of drug-likeness (QED) is 0.795. The summed E-state index contributed by atoms with van der Waals surface area (Å²) in [6.07, 6.45) is 0. The van der Waals surface area contributed by atoms with Crippen molar-refractivity contribution in [3.8, 4) is 0 Å². The lowest BCUT2D eigenvalue weighted by molar-refractivity contribution is 0.426. The van der Waals surface area contributed by atoms with Gasteiger partial charge in [-0.3, -0.25) is 0 Å². The number of hydrogen-bond donors (Lipinski definition) is 1. The minimum Gasteiger partial charge on any atom is -0.314 e. The average Bonchev–Trinajstić information content (AvgIpc) is 2.24. The van der Waals surface area contributed by atoms with Crippen molar-refractivity contribution >= 4 is 0 Å². The van der Waals surface area contributed by atoms with Gasteiger partial charge in [0.1, 0.15) is 0 Å².